The highest BCUT2D eigenvalue weighted by molar-refractivity contribution is 5.74. The highest BCUT2D eigenvalue weighted by Crippen LogP contribution is 2.17. The number of hydrogen-bond donors (Lipinski definition) is 0. The Hall–Kier alpha value is -1.35. The zero-order chi connectivity index (χ0) is 11.4. The fraction of sp³-hybridized carbons (Fsp3) is 0.462. The van der Waals surface area contributed by atoms with Gasteiger partial charge in [-0.1, -0.05) is 0 Å². The predicted octanol–water partition coefficient (Wildman–Crippen LogP) is 1.83. The van der Waals surface area contributed by atoms with Crippen LogP contribution in [0.1, 0.15) is 16.8 Å². The predicted molar refractivity (Wildman–Crippen MR) is 62.9 cm³/mol. The summed E-state index contributed by atoms with van der Waals surface area (Å²) in [5, 5.41) is 0. The Balaban J connectivity index is 1.82. The van der Waals surface area contributed by atoms with Crippen molar-refractivity contribution in [2.75, 3.05) is 26.7 Å². The molecule has 1 aliphatic rings. The molecule has 1 fully saturated rings. The fourth-order valence-corrected chi connectivity index (χ4v) is 2.02. The second-order valence-corrected chi connectivity index (χ2v) is 4.41. The Morgan fingerprint density at radius 3 is 2.75 bits per heavy atom. The van der Waals surface area contributed by atoms with E-state index in [1.54, 1.807) is 12.1 Å². The van der Waals surface area contributed by atoms with Gasteiger partial charge in [-0.15, -0.1) is 0 Å². The molecule has 0 N–H and O–H groups in total. The van der Waals surface area contributed by atoms with Crippen molar-refractivity contribution in [2.24, 2.45) is 5.92 Å². The van der Waals surface area contributed by atoms with Crippen LogP contribution in [-0.2, 0) is 0 Å². The first-order valence-corrected chi connectivity index (χ1v) is 5.64. The smallest absolute Gasteiger partial charge is 0.150 e. The molecule has 0 bridgehead atoms. The van der Waals surface area contributed by atoms with Crippen LogP contribution in [0.5, 0.6) is 5.75 Å². The van der Waals surface area contributed by atoms with Crippen molar-refractivity contribution in [1.29, 1.82) is 0 Å². The summed E-state index contributed by atoms with van der Waals surface area (Å²) in [6.45, 7) is 3.05. The quantitative estimate of drug-likeness (QED) is 0.723. The molecule has 0 amide bonds. The molecular weight excluding hydrogens is 202 g/mol. The molecule has 0 aromatic heterocycles. The molecule has 1 aromatic carbocycles. The molecule has 2 rings (SSSR count). The van der Waals surface area contributed by atoms with E-state index < -0.39 is 0 Å². The van der Waals surface area contributed by atoms with E-state index in [2.05, 4.69) is 11.9 Å². The first-order chi connectivity index (χ1) is 7.78. The number of carbonyl (C=O) groups is 1. The van der Waals surface area contributed by atoms with Crippen LogP contribution < -0.4 is 4.74 Å². The second kappa shape index (κ2) is 5.12. The maximum Gasteiger partial charge on any atom is 0.150 e. The number of carbonyl (C=O) groups excluding carboxylic acids is 1. The summed E-state index contributed by atoms with van der Waals surface area (Å²) in [6.07, 6.45) is 2.05. The Bertz CT molecular complexity index is 347. The van der Waals surface area contributed by atoms with Crippen LogP contribution in [0, 0.1) is 5.92 Å². The van der Waals surface area contributed by atoms with Gasteiger partial charge >= 0.3 is 0 Å². The lowest BCUT2D eigenvalue weighted by molar-refractivity contribution is 0.112. The first kappa shape index (κ1) is 11.1. The number of hydrogen-bond acceptors (Lipinski definition) is 3. The van der Waals surface area contributed by atoms with Crippen molar-refractivity contribution >= 4 is 6.29 Å². The number of rotatable bonds is 4. The molecule has 1 saturated heterocycles. The van der Waals surface area contributed by atoms with Gasteiger partial charge in [-0.3, -0.25) is 4.79 Å². The average Bonchev–Trinajstić information content (AvgIpc) is 2.73. The lowest BCUT2D eigenvalue weighted by Gasteiger charge is -2.12. The van der Waals surface area contributed by atoms with E-state index in [-0.39, 0.29) is 0 Å². The largest absolute Gasteiger partial charge is 0.493 e. The van der Waals surface area contributed by atoms with Crippen LogP contribution in [-0.4, -0.2) is 37.9 Å². The van der Waals surface area contributed by atoms with Gasteiger partial charge in [0.2, 0.25) is 0 Å². The molecule has 1 unspecified atom stereocenters. The van der Waals surface area contributed by atoms with Crippen LogP contribution in [0.25, 0.3) is 0 Å². The number of likely N-dealkylation sites (tertiary alicyclic amines) is 1. The lowest BCUT2D eigenvalue weighted by Crippen LogP contribution is -2.17. The van der Waals surface area contributed by atoms with Gasteiger partial charge in [-0.2, -0.15) is 0 Å². The third-order valence-corrected chi connectivity index (χ3v) is 2.99. The van der Waals surface area contributed by atoms with Crippen LogP contribution >= 0.6 is 0 Å². The van der Waals surface area contributed by atoms with E-state index >= 15 is 0 Å². The summed E-state index contributed by atoms with van der Waals surface area (Å²) in [7, 11) is 2.14. The van der Waals surface area contributed by atoms with E-state index in [1.165, 1.54) is 6.42 Å². The van der Waals surface area contributed by atoms with Gasteiger partial charge in [0, 0.05) is 18.0 Å². The summed E-state index contributed by atoms with van der Waals surface area (Å²) >= 11 is 0. The minimum Gasteiger partial charge on any atom is -0.493 e. The zero-order valence-electron chi connectivity index (χ0n) is 9.56. The number of ether oxygens (including phenoxy) is 1. The molecule has 1 heterocycles. The highest BCUT2D eigenvalue weighted by atomic mass is 16.5. The Morgan fingerprint density at radius 2 is 2.19 bits per heavy atom. The molecule has 0 spiro atoms. The number of aldehydes is 1. The van der Waals surface area contributed by atoms with Gasteiger partial charge in [0.15, 0.2) is 0 Å². The monoisotopic (exact) mass is 219 g/mol. The molecule has 0 aliphatic carbocycles. The van der Waals surface area contributed by atoms with Crippen molar-refractivity contribution in [3.05, 3.63) is 29.8 Å². The lowest BCUT2D eigenvalue weighted by atomic mass is 10.1. The summed E-state index contributed by atoms with van der Waals surface area (Å²) in [4.78, 5) is 12.8. The topological polar surface area (TPSA) is 29.5 Å². The molecule has 1 aromatic rings. The molecule has 0 radical (unpaired) electrons. The van der Waals surface area contributed by atoms with Crippen molar-refractivity contribution in [2.45, 2.75) is 6.42 Å². The number of nitrogens with zero attached hydrogens (tertiary/aromatic N) is 1. The summed E-state index contributed by atoms with van der Waals surface area (Å²) in [5.74, 6) is 1.48. The second-order valence-electron chi connectivity index (χ2n) is 4.41. The van der Waals surface area contributed by atoms with Crippen LogP contribution in [0.2, 0.25) is 0 Å². The van der Waals surface area contributed by atoms with Gasteiger partial charge in [0.1, 0.15) is 12.0 Å². The van der Waals surface area contributed by atoms with Gasteiger partial charge in [0.25, 0.3) is 0 Å². The Morgan fingerprint density at radius 1 is 1.44 bits per heavy atom. The molecule has 16 heavy (non-hydrogen) atoms. The minimum atomic E-state index is 0.635. The molecule has 1 aliphatic heterocycles. The van der Waals surface area contributed by atoms with E-state index in [1.807, 2.05) is 12.1 Å². The van der Waals surface area contributed by atoms with E-state index in [0.717, 1.165) is 31.7 Å². The number of benzene rings is 1. The van der Waals surface area contributed by atoms with Gasteiger partial charge in [-0.25, -0.2) is 0 Å². The molecule has 3 nitrogen and oxygen atoms in total. The fourth-order valence-electron chi connectivity index (χ4n) is 2.02. The maximum atomic E-state index is 10.5. The average molecular weight is 219 g/mol. The normalized spacial score (nSPS) is 20.9. The van der Waals surface area contributed by atoms with Crippen LogP contribution in [0.3, 0.4) is 0 Å². The first-order valence-electron chi connectivity index (χ1n) is 5.64. The van der Waals surface area contributed by atoms with Crippen molar-refractivity contribution in [3.63, 3.8) is 0 Å². The standard InChI is InChI=1S/C13H17NO2/c1-14-7-6-12(8-14)10-16-13-4-2-11(9-15)3-5-13/h2-5,9,12H,6-8,10H2,1H3. The maximum absolute atomic E-state index is 10.5. The zero-order valence-corrected chi connectivity index (χ0v) is 9.56. The van der Waals surface area contributed by atoms with Crippen LogP contribution in [0.4, 0.5) is 0 Å². The molecule has 86 valence electrons. The molecule has 1 atom stereocenters. The van der Waals surface area contributed by atoms with E-state index in [0.29, 0.717) is 11.5 Å². The molecule has 3 heteroatoms. The summed E-state index contributed by atoms with van der Waals surface area (Å²) < 4.78 is 5.70. The minimum absolute atomic E-state index is 0.635. The third kappa shape index (κ3) is 2.83. The highest BCUT2D eigenvalue weighted by Gasteiger charge is 2.19. The summed E-state index contributed by atoms with van der Waals surface area (Å²) in [6, 6.07) is 7.26. The molecule has 0 saturated carbocycles. The summed E-state index contributed by atoms with van der Waals surface area (Å²) in [5.41, 5.74) is 0.688. The van der Waals surface area contributed by atoms with Crippen molar-refractivity contribution < 1.29 is 9.53 Å². The van der Waals surface area contributed by atoms with Gasteiger partial charge in [-0.05, 0) is 44.3 Å². The SMILES string of the molecule is CN1CCC(COc2ccc(C=O)cc2)C1. The van der Waals surface area contributed by atoms with Crippen LogP contribution in [0.15, 0.2) is 24.3 Å². The Labute approximate surface area is 96.0 Å². The van der Waals surface area contributed by atoms with E-state index in [4.69, 9.17) is 4.74 Å². The van der Waals surface area contributed by atoms with Crippen molar-refractivity contribution in [3.8, 4) is 5.75 Å². The van der Waals surface area contributed by atoms with Gasteiger partial charge < -0.3 is 9.64 Å². The van der Waals surface area contributed by atoms with Crippen molar-refractivity contribution in [1.82, 2.24) is 4.90 Å². The Kier molecular flexibility index (Phi) is 3.57. The van der Waals surface area contributed by atoms with E-state index in [9.17, 15) is 4.79 Å². The third-order valence-electron chi connectivity index (χ3n) is 2.99. The van der Waals surface area contributed by atoms with Gasteiger partial charge in [0.05, 0.1) is 6.61 Å². The molecular formula is C13H17NO2.